The smallest absolute Gasteiger partial charge is 0.152 e. The summed E-state index contributed by atoms with van der Waals surface area (Å²) in [5, 5.41) is 12.7. The van der Waals surface area contributed by atoms with Gasteiger partial charge >= 0.3 is 0 Å². The number of nitrogens with zero attached hydrogens (tertiary/aromatic N) is 4. The highest BCUT2D eigenvalue weighted by atomic mass is 16.3. The summed E-state index contributed by atoms with van der Waals surface area (Å²) < 4.78 is 14.0. The first-order valence-electron chi connectivity index (χ1n) is 21.8. The van der Waals surface area contributed by atoms with E-state index in [1.54, 1.807) is 0 Å². The van der Waals surface area contributed by atoms with Crippen LogP contribution in [-0.4, -0.2) is 18.7 Å². The first-order chi connectivity index (χ1) is 31.8. The Labute approximate surface area is 366 Å². The quantitative estimate of drug-likeness (QED) is 0.167. The van der Waals surface area contributed by atoms with E-state index < -0.39 is 0 Å². The summed E-state index contributed by atoms with van der Waals surface area (Å²) in [6, 6.07) is 76.6. The third-order valence-electron chi connectivity index (χ3n) is 13.3. The number of hydrogen-bond donors (Lipinski definition) is 0. The lowest BCUT2D eigenvalue weighted by Gasteiger charge is -2.18. The predicted molar refractivity (Wildman–Crippen MR) is 267 cm³/mol. The van der Waals surface area contributed by atoms with E-state index in [-0.39, 0.29) is 0 Å². The van der Waals surface area contributed by atoms with Crippen molar-refractivity contribution in [2.75, 3.05) is 0 Å². The van der Waals surface area contributed by atoms with Gasteiger partial charge in [-0.3, -0.25) is 4.98 Å². The Bertz CT molecular complexity index is 4260. The molecule has 0 unspecified atom stereocenters. The van der Waals surface area contributed by atoms with Gasteiger partial charge in [0.1, 0.15) is 0 Å². The zero-order chi connectivity index (χ0) is 41.9. The molecule has 14 aromatic rings. The van der Waals surface area contributed by atoms with Gasteiger partial charge in [-0.1, -0.05) is 127 Å². The van der Waals surface area contributed by atoms with Crippen molar-refractivity contribution in [1.29, 1.82) is 0 Å². The predicted octanol–water partition coefficient (Wildman–Crippen LogP) is 15.7. The van der Waals surface area contributed by atoms with Crippen LogP contribution in [-0.2, 0) is 0 Å². The van der Waals surface area contributed by atoms with Gasteiger partial charge in [0.15, 0.2) is 11.2 Å². The maximum Gasteiger partial charge on any atom is 0.152 e. The normalized spacial score (nSPS) is 12.1. The number of benzene rings is 9. The number of hydrogen-bond acceptors (Lipinski definition) is 2. The maximum absolute atomic E-state index is 6.83. The van der Waals surface area contributed by atoms with Crippen LogP contribution in [0, 0.1) is 0 Å². The van der Waals surface area contributed by atoms with E-state index in [2.05, 4.69) is 208 Å². The van der Waals surface area contributed by atoms with Crippen LogP contribution < -0.4 is 0 Å². The average Bonchev–Trinajstić information content (AvgIpc) is 3.87. The third-order valence-corrected chi connectivity index (χ3v) is 13.3. The molecule has 0 atom stereocenters. The van der Waals surface area contributed by atoms with Crippen molar-refractivity contribution in [2.45, 2.75) is 0 Å². The summed E-state index contributed by atoms with van der Waals surface area (Å²) in [5.41, 5.74) is 12.5. The van der Waals surface area contributed by atoms with Gasteiger partial charge < -0.3 is 18.1 Å². The Balaban J connectivity index is 1.15. The molecular weight excluding hydrogens is 781 g/mol. The molecule has 0 aliphatic rings. The van der Waals surface area contributed by atoms with E-state index in [1.807, 2.05) is 24.4 Å². The molecule has 0 amide bonds. The van der Waals surface area contributed by atoms with Crippen molar-refractivity contribution in [3.05, 3.63) is 219 Å². The Morgan fingerprint density at radius 1 is 0.297 bits per heavy atom. The number of para-hydroxylation sites is 6. The van der Waals surface area contributed by atoms with Gasteiger partial charge in [-0.2, -0.15) is 0 Å². The lowest BCUT2D eigenvalue weighted by Crippen LogP contribution is -2.00. The number of rotatable bonds is 3. The van der Waals surface area contributed by atoms with Crippen molar-refractivity contribution in [3.63, 3.8) is 0 Å². The van der Waals surface area contributed by atoms with Crippen molar-refractivity contribution >= 4 is 109 Å². The van der Waals surface area contributed by atoms with Crippen molar-refractivity contribution in [1.82, 2.24) is 18.7 Å². The molecule has 0 fully saturated rings. The molecule has 0 radical (unpaired) electrons. The van der Waals surface area contributed by atoms with E-state index in [0.29, 0.717) is 0 Å². The van der Waals surface area contributed by atoms with E-state index in [9.17, 15) is 0 Å². The zero-order valence-corrected chi connectivity index (χ0v) is 34.5. The minimum Gasteiger partial charge on any atom is -0.453 e. The van der Waals surface area contributed by atoms with Crippen molar-refractivity contribution < 1.29 is 4.42 Å². The lowest BCUT2D eigenvalue weighted by molar-refractivity contribution is 0.654. The fourth-order valence-corrected chi connectivity index (χ4v) is 10.6. The zero-order valence-electron chi connectivity index (χ0n) is 34.5. The Morgan fingerprint density at radius 2 is 0.859 bits per heavy atom. The second kappa shape index (κ2) is 13.4. The molecule has 4 heterocycles. The van der Waals surface area contributed by atoms with Gasteiger partial charge in [-0.25, -0.2) is 0 Å². The van der Waals surface area contributed by atoms with Crippen LogP contribution in [0.15, 0.2) is 223 Å². The Kier molecular flexibility index (Phi) is 7.33. The second-order valence-corrected chi connectivity index (χ2v) is 16.7. The molecule has 0 bridgehead atoms. The fourth-order valence-electron chi connectivity index (χ4n) is 10.6. The van der Waals surface area contributed by atoms with Crippen LogP contribution in [0.2, 0.25) is 0 Å². The van der Waals surface area contributed by atoms with E-state index in [0.717, 1.165) is 93.5 Å². The minimum atomic E-state index is 0.783. The average molecular weight is 817 g/mol. The third kappa shape index (κ3) is 4.92. The summed E-state index contributed by atoms with van der Waals surface area (Å²) in [4.78, 5) is 5.15. The summed E-state index contributed by atoms with van der Waals surface area (Å²) in [6.07, 6.45) is 1.90. The second-order valence-electron chi connectivity index (χ2n) is 16.7. The van der Waals surface area contributed by atoms with Crippen molar-refractivity contribution in [2.24, 2.45) is 0 Å². The van der Waals surface area contributed by atoms with E-state index >= 15 is 0 Å². The standard InChI is InChI=1S/C59H36N4O/c1-2-16-37(17-3-1)61-53-28-12-13-30-56(53)64-57-36-48-46(35-55(57)61)44-23-14-29-54(58(44)43-22-5-4-18-39(43)45-24-15-33-60-59(45)48)63-51-27-11-8-21-42(51)47-34-38(31-32-52(47)63)62-49-25-9-6-19-40(49)41-20-7-10-26-50(41)62/h1-36H. The highest BCUT2D eigenvalue weighted by molar-refractivity contribution is 6.28. The van der Waals surface area contributed by atoms with Gasteiger partial charge in [-0.05, 0) is 106 Å². The number of aromatic nitrogens is 4. The van der Waals surface area contributed by atoms with Crippen LogP contribution in [0.25, 0.3) is 126 Å². The molecular formula is C59H36N4O. The molecule has 0 spiro atoms. The molecule has 4 aromatic heterocycles. The van der Waals surface area contributed by atoms with Gasteiger partial charge in [0.2, 0.25) is 0 Å². The first-order valence-corrected chi connectivity index (χ1v) is 21.8. The summed E-state index contributed by atoms with van der Waals surface area (Å²) in [7, 11) is 0. The van der Waals surface area contributed by atoms with Gasteiger partial charge in [-0.15, -0.1) is 0 Å². The van der Waals surface area contributed by atoms with Gasteiger partial charge in [0.25, 0.3) is 0 Å². The van der Waals surface area contributed by atoms with E-state index in [1.165, 1.54) is 32.6 Å². The molecule has 10 aromatic carbocycles. The largest absolute Gasteiger partial charge is 0.453 e. The first kappa shape index (κ1) is 35.0. The molecule has 5 heteroatoms. The molecule has 0 saturated heterocycles. The Morgan fingerprint density at radius 3 is 1.62 bits per heavy atom. The molecule has 5 nitrogen and oxygen atoms in total. The number of pyridine rings is 1. The molecule has 0 aliphatic heterocycles. The molecule has 0 N–H and O–H groups in total. The highest BCUT2D eigenvalue weighted by Gasteiger charge is 2.21. The van der Waals surface area contributed by atoms with Crippen LogP contribution in [0.5, 0.6) is 0 Å². The van der Waals surface area contributed by atoms with Gasteiger partial charge in [0.05, 0.1) is 44.3 Å². The summed E-state index contributed by atoms with van der Waals surface area (Å²) in [6.45, 7) is 0. The molecule has 14 rings (SSSR count). The van der Waals surface area contributed by atoms with E-state index in [4.69, 9.17) is 9.40 Å². The Hall–Kier alpha value is -8.67. The summed E-state index contributed by atoms with van der Waals surface area (Å²) >= 11 is 0. The monoisotopic (exact) mass is 816 g/mol. The SMILES string of the molecule is c1ccc(-n2c3ccccc3oc3cc4c(cc32)c2cccc(-n3c5ccccc5c5cc(-n6c7ccccc7c7ccccc76)ccc53)c2c2ccccc2c2cccnc24)cc1. The van der Waals surface area contributed by atoms with Crippen LogP contribution >= 0.6 is 0 Å². The molecule has 0 saturated carbocycles. The molecule has 64 heavy (non-hydrogen) atoms. The minimum absolute atomic E-state index is 0.783. The van der Waals surface area contributed by atoms with Crippen LogP contribution in [0.1, 0.15) is 0 Å². The van der Waals surface area contributed by atoms with Gasteiger partial charge in [0, 0.05) is 55.3 Å². The molecule has 0 aliphatic carbocycles. The maximum atomic E-state index is 6.83. The molecule has 298 valence electrons. The number of fused-ring (bicyclic) bond motifs is 16. The van der Waals surface area contributed by atoms with Crippen LogP contribution in [0.3, 0.4) is 0 Å². The topological polar surface area (TPSA) is 40.8 Å². The lowest BCUT2D eigenvalue weighted by atomic mass is 9.95. The highest BCUT2D eigenvalue weighted by Crippen LogP contribution is 2.43. The summed E-state index contributed by atoms with van der Waals surface area (Å²) in [5.74, 6) is 0. The van der Waals surface area contributed by atoms with Crippen molar-refractivity contribution in [3.8, 4) is 17.1 Å². The van der Waals surface area contributed by atoms with Crippen LogP contribution in [0.4, 0.5) is 0 Å². The fraction of sp³-hybridized carbons (Fsp3) is 0.